The number of amides is 1. The second kappa shape index (κ2) is 10.6. The minimum absolute atomic E-state index is 0.0450. The average molecular weight is 560 g/mol. The summed E-state index contributed by atoms with van der Waals surface area (Å²) in [5.74, 6) is -3.36. The van der Waals surface area contributed by atoms with Gasteiger partial charge in [0.2, 0.25) is 5.82 Å². The third-order valence-electron chi connectivity index (χ3n) is 7.30. The lowest BCUT2D eigenvalue weighted by atomic mass is 10.1. The van der Waals surface area contributed by atoms with Crippen molar-refractivity contribution < 1.29 is 22.7 Å². The Hall–Kier alpha value is -4.92. The Kier molecular flexibility index (Phi) is 6.78. The number of nitrogen functional groups attached to an aromatic ring is 1. The standard InChI is InChI=1S/C29H24F3N7O2/c30-21-4-1-5-23(25(21)32)41-19-8-9-20(22(31)12-19)26-24-27(34)35-15-36-28(24)39(37-26)14-18-3-2-10-38(18)29(40)17(13-33)11-16-6-7-16/h1,4-5,8-9,11-12,15-16,18H,2-3,6-7,10,14H2,(H2,34,35,36)/b17-11-/t18-/m0/s1. The quantitative estimate of drug-likeness (QED) is 0.246. The number of fused-ring (bicyclic) bond motifs is 1. The molecule has 2 aromatic carbocycles. The molecule has 1 saturated carbocycles. The summed E-state index contributed by atoms with van der Waals surface area (Å²) in [6.07, 6.45) is 6.47. The van der Waals surface area contributed by atoms with Crippen LogP contribution in [0.5, 0.6) is 11.5 Å². The number of carbonyl (C=O) groups is 1. The highest BCUT2D eigenvalue weighted by Gasteiger charge is 2.33. The van der Waals surface area contributed by atoms with Crippen molar-refractivity contribution >= 4 is 22.8 Å². The first-order chi connectivity index (χ1) is 19.8. The number of allylic oxidation sites excluding steroid dienone is 1. The number of nitrogens with zero attached hydrogens (tertiary/aromatic N) is 6. The van der Waals surface area contributed by atoms with Crippen LogP contribution in [0, 0.1) is 34.7 Å². The van der Waals surface area contributed by atoms with Gasteiger partial charge >= 0.3 is 0 Å². The SMILES string of the molecule is N#C/C(=C/C1CC1)C(=O)N1CCC[C@H]1Cn1nc(-c2ccc(Oc3cccc(F)c3F)cc2F)c2c(N)ncnc21. The summed E-state index contributed by atoms with van der Waals surface area (Å²) in [6, 6.07) is 9.10. The van der Waals surface area contributed by atoms with Gasteiger partial charge in [-0.2, -0.15) is 14.8 Å². The maximum atomic E-state index is 15.4. The molecule has 2 aliphatic rings. The highest BCUT2D eigenvalue weighted by Crippen LogP contribution is 2.36. The lowest BCUT2D eigenvalue weighted by Gasteiger charge is -2.24. The van der Waals surface area contributed by atoms with Crippen LogP contribution in [-0.2, 0) is 11.3 Å². The first-order valence-corrected chi connectivity index (χ1v) is 13.2. The van der Waals surface area contributed by atoms with Crippen LogP contribution >= 0.6 is 0 Å². The Morgan fingerprint density at radius 2 is 1.98 bits per heavy atom. The van der Waals surface area contributed by atoms with Crippen molar-refractivity contribution in [1.82, 2.24) is 24.6 Å². The van der Waals surface area contributed by atoms with Crippen LogP contribution in [0.15, 0.2) is 54.4 Å². The van der Waals surface area contributed by atoms with E-state index in [1.165, 1.54) is 30.6 Å². The van der Waals surface area contributed by atoms with Crippen molar-refractivity contribution in [3.8, 4) is 28.8 Å². The van der Waals surface area contributed by atoms with E-state index < -0.39 is 17.5 Å². The van der Waals surface area contributed by atoms with Gasteiger partial charge in [-0.15, -0.1) is 0 Å². The second-order valence-corrected chi connectivity index (χ2v) is 10.1. The van der Waals surface area contributed by atoms with E-state index in [1.54, 1.807) is 15.7 Å². The molecule has 1 saturated heterocycles. The number of halogens is 3. The molecular formula is C29H24F3N7O2. The molecular weight excluding hydrogens is 535 g/mol. The van der Waals surface area contributed by atoms with E-state index in [2.05, 4.69) is 15.1 Å². The van der Waals surface area contributed by atoms with Crippen LogP contribution in [0.25, 0.3) is 22.3 Å². The number of benzene rings is 2. The molecule has 0 unspecified atom stereocenters. The molecule has 2 fully saturated rings. The molecule has 1 aliphatic carbocycles. The third kappa shape index (κ3) is 5.06. The summed E-state index contributed by atoms with van der Waals surface area (Å²) in [5.41, 5.74) is 6.95. The number of nitriles is 1. The monoisotopic (exact) mass is 559 g/mol. The molecule has 4 aromatic rings. The fourth-order valence-electron chi connectivity index (χ4n) is 5.09. The van der Waals surface area contributed by atoms with Crippen LogP contribution in [0.2, 0.25) is 0 Å². The van der Waals surface area contributed by atoms with Gasteiger partial charge in [0.05, 0.1) is 18.0 Å². The number of ether oxygens (including phenoxy) is 1. The van der Waals surface area contributed by atoms with Crippen molar-refractivity contribution in [2.45, 2.75) is 38.3 Å². The lowest BCUT2D eigenvalue weighted by Crippen LogP contribution is -2.39. The number of rotatable bonds is 7. The van der Waals surface area contributed by atoms with Gasteiger partial charge in [0, 0.05) is 18.2 Å². The highest BCUT2D eigenvalue weighted by molar-refractivity contribution is 5.99. The third-order valence-corrected chi connectivity index (χ3v) is 7.30. The summed E-state index contributed by atoms with van der Waals surface area (Å²) in [7, 11) is 0. The first-order valence-electron chi connectivity index (χ1n) is 13.2. The summed E-state index contributed by atoms with van der Waals surface area (Å²) in [4.78, 5) is 23.3. The van der Waals surface area contributed by atoms with E-state index in [0.29, 0.717) is 24.0 Å². The normalized spacial score (nSPS) is 17.2. The molecule has 1 amide bonds. The van der Waals surface area contributed by atoms with Crippen LogP contribution in [0.3, 0.4) is 0 Å². The molecule has 1 aliphatic heterocycles. The van der Waals surface area contributed by atoms with Crippen LogP contribution < -0.4 is 10.5 Å². The van der Waals surface area contributed by atoms with Gasteiger partial charge in [0.25, 0.3) is 5.91 Å². The maximum Gasteiger partial charge on any atom is 0.264 e. The lowest BCUT2D eigenvalue weighted by molar-refractivity contribution is -0.127. The largest absolute Gasteiger partial charge is 0.454 e. The number of hydrogen-bond donors (Lipinski definition) is 1. The summed E-state index contributed by atoms with van der Waals surface area (Å²) in [5, 5.41) is 14.5. The Labute approximate surface area is 232 Å². The number of aromatic nitrogens is 4. The Bertz CT molecular complexity index is 1740. The van der Waals surface area contributed by atoms with Gasteiger partial charge in [-0.3, -0.25) is 4.79 Å². The minimum atomic E-state index is -1.18. The molecule has 2 aromatic heterocycles. The Morgan fingerprint density at radius 1 is 1.15 bits per heavy atom. The molecule has 6 rings (SSSR count). The number of anilines is 1. The molecule has 9 nitrogen and oxygen atoms in total. The smallest absolute Gasteiger partial charge is 0.264 e. The molecule has 208 valence electrons. The maximum absolute atomic E-state index is 15.4. The van der Waals surface area contributed by atoms with Crippen LogP contribution in [-0.4, -0.2) is 43.1 Å². The topological polar surface area (TPSA) is 123 Å². The molecule has 41 heavy (non-hydrogen) atoms. The van der Waals surface area contributed by atoms with Gasteiger partial charge < -0.3 is 15.4 Å². The zero-order chi connectivity index (χ0) is 28.7. The predicted molar refractivity (Wildman–Crippen MR) is 143 cm³/mol. The second-order valence-electron chi connectivity index (χ2n) is 10.1. The van der Waals surface area contributed by atoms with Crippen molar-refractivity contribution in [3.63, 3.8) is 0 Å². The van der Waals surface area contributed by atoms with Crippen molar-refractivity contribution in [1.29, 1.82) is 5.26 Å². The predicted octanol–water partition coefficient (Wildman–Crippen LogP) is 5.14. The van der Waals surface area contributed by atoms with Crippen molar-refractivity contribution in [2.24, 2.45) is 5.92 Å². The zero-order valence-electron chi connectivity index (χ0n) is 21.7. The van der Waals surface area contributed by atoms with E-state index in [-0.39, 0.29) is 58.6 Å². The molecule has 0 radical (unpaired) electrons. The molecule has 0 bridgehead atoms. The van der Waals surface area contributed by atoms with Crippen molar-refractivity contribution in [2.75, 3.05) is 12.3 Å². The molecule has 0 spiro atoms. The highest BCUT2D eigenvalue weighted by atomic mass is 19.2. The number of hydrogen-bond acceptors (Lipinski definition) is 7. The van der Waals surface area contributed by atoms with Gasteiger partial charge in [-0.25, -0.2) is 23.4 Å². The van der Waals surface area contributed by atoms with E-state index in [0.717, 1.165) is 31.4 Å². The van der Waals surface area contributed by atoms with E-state index in [9.17, 15) is 18.8 Å². The number of carbonyl (C=O) groups excluding carboxylic acids is 1. The molecule has 3 heterocycles. The minimum Gasteiger partial charge on any atom is -0.454 e. The Morgan fingerprint density at radius 3 is 2.73 bits per heavy atom. The van der Waals surface area contributed by atoms with E-state index >= 15 is 4.39 Å². The van der Waals surface area contributed by atoms with Crippen molar-refractivity contribution in [3.05, 3.63) is 71.8 Å². The summed E-state index contributed by atoms with van der Waals surface area (Å²) >= 11 is 0. The molecule has 2 N–H and O–H groups in total. The Balaban J connectivity index is 1.32. The molecule has 12 heteroatoms. The number of nitrogens with two attached hydrogens (primary N) is 1. The van der Waals surface area contributed by atoms with Gasteiger partial charge in [-0.05, 0) is 55.9 Å². The molecule has 1 atom stereocenters. The summed E-state index contributed by atoms with van der Waals surface area (Å²) in [6.45, 7) is 0.765. The first kappa shape index (κ1) is 26.3. The fraction of sp³-hybridized carbons (Fsp3) is 0.276. The van der Waals surface area contributed by atoms with Crippen LogP contribution in [0.1, 0.15) is 25.7 Å². The fourth-order valence-corrected chi connectivity index (χ4v) is 5.09. The van der Waals surface area contributed by atoms with Gasteiger partial charge in [-0.1, -0.05) is 12.1 Å². The van der Waals surface area contributed by atoms with Crippen LogP contribution in [0.4, 0.5) is 19.0 Å². The zero-order valence-corrected chi connectivity index (χ0v) is 21.7. The summed E-state index contributed by atoms with van der Waals surface area (Å²) < 4.78 is 50.0. The average Bonchev–Trinajstić information content (AvgIpc) is 3.54. The van der Waals surface area contributed by atoms with Gasteiger partial charge in [0.15, 0.2) is 17.2 Å². The number of likely N-dealkylation sites (tertiary alicyclic amines) is 1. The van der Waals surface area contributed by atoms with E-state index in [4.69, 9.17) is 10.5 Å². The van der Waals surface area contributed by atoms with E-state index in [1.807, 2.05) is 6.07 Å². The van der Waals surface area contributed by atoms with Gasteiger partial charge in [0.1, 0.15) is 41.0 Å².